The van der Waals surface area contributed by atoms with E-state index in [2.05, 4.69) is 4.98 Å². The van der Waals surface area contributed by atoms with Gasteiger partial charge in [-0.2, -0.15) is 0 Å². The summed E-state index contributed by atoms with van der Waals surface area (Å²) in [7, 11) is 0. The van der Waals surface area contributed by atoms with E-state index in [4.69, 9.17) is 14.9 Å². The second-order valence-corrected chi connectivity index (χ2v) is 4.54. The third-order valence-corrected chi connectivity index (χ3v) is 3.07. The van der Waals surface area contributed by atoms with Crippen LogP contribution in [-0.2, 0) is 0 Å². The Morgan fingerprint density at radius 1 is 1.29 bits per heavy atom. The highest BCUT2D eigenvalue weighted by atomic mass is 16.5. The lowest BCUT2D eigenvalue weighted by Crippen LogP contribution is -2.06. The van der Waals surface area contributed by atoms with E-state index >= 15 is 0 Å². The Morgan fingerprint density at radius 2 is 2.10 bits per heavy atom. The highest BCUT2D eigenvalue weighted by molar-refractivity contribution is 5.83. The van der Waals surface area contributed by atoms with Crippen molar-refractivity contribution in [3.63, 3.8) is 0 Å². The monoisotopic (exact) mass is 284 g/mol. The van der Waals surface area contributed by atoms with Crippen molar-refractivity contribution in [3.8, 4) is 17.2 Å². The van der Waals surface area contributed by atoms with Crippen molar-refractivity contribution >= 4 is 16.8 Å². The number of phenolic OH excluding ortho intramolecular Hbond substituents is 1. The van der Waals surface area contributed by atoms with E-state index in [1.165, 1.54) is 24.4 Å². The Labute approximate surface area is 119 Å². The van der Waals surface area contributed by atoms with E-state index < -0.39 is 5.63 Å². The molecule has 0 aliphatic rings. The molecule has 0 amide bonds. The van der Waals surface area contributed by atoms with Gasteiger partial charge < -0.3 is 20.0 Å². The second-order valence-electron chi connectivity index (χ2n) is 4.54. The number of fused-ring (bicyclic) bond motifs is 1. The molecule has 3 aromatic rings. The summed E-state index contributed by atoms with van der Waals surface area (Å²) in [6, 6.07) is 7.67. The summed E-state index contributed by atoms with van der Waals surface area (Å²) in [5, 5.41) is 10.1. The Kier molecular flexibility index (Phi) is 2.98. The van der Waals surface area contributed by atoms with Crippen LogP contribution in [0.5, 0.6) is 17.2 Å². The average molecular weight is 284 g/mol. The van der Waals surface area contributed by atoms with Gasteiger partial charge in [-0.3, -0.25) is 0 Å². The molecule has 0 atom stereocenters. The molecule has 0 bridgehead atoms. The molecule has 0 spiro atoms. The molecule has 6 nitrogen and oxygen atoms in total. The molecule has 0 fully saturated rings. The zero-order valence-electron chi connectivity index (χ0n) is 11.2. The average Bonchev–Trinajstić information content (AvgIpc) is 2.43. The van der Waals surface area contributed by atoms with Gasteiger partial charge in [-0.25, -0.2) is 9.78 Å². The van der Waals surface area contributed by atoms with E-state index in [1.54, 1.807) is 19.1 Å². The van der Waals surface area contributed by atoms with Gasteiger partial charge >= 0.3 is 5.63 Å². The van der Waals surface area contributed by atoms with Gasteiger partial charge in [-0.1, -0.05) is 0 Å². The number of nitrogens with zero attached hydrogens (tertiary/aromatic N) is 1. The lowest BCUT2D eigenvalue weighted by atomic mass is 10.1. The smallest absolute Gasteiger partial charge is 0.379 e. The highest BCUT2D eigenvalue weighted by Gasteiger charge is 2.14. The molecule has 106 valence electrons. The molecule has 21 heavy (non-hydrogen) atoms. The number of rotatable bonds is 2. The first-order valence-corrected chi connectivity index (χ1v) is 6.20. The van der Waals surface area contributed by atoms with Crippen molar-refractivity contribution in [1.82, 2.24) is 4.98 Å². The number of ether oxygens (including phenoxy) is 1. The van der Waals surface area contributed by atoms with E-state index in [0.717, 1.165) is 0 Å². The molecule has 0 saturated carbocycles. The number of aromatic hydroxyl groups is 1. The Morgan fingerprint density at radius 3 is 2.86 bits per heavy atom. The molecule has 3 rings (SSSR count). The fourth-order valence-electron chi connectivity index (χ4n) is 2.05. The minimum atomic E-state index is -0.624. The van der Waals surface area contributed by atoms with Crippen LogP contribution in [0, 0.1) is 6.92 Å². The number of aromatic nitrogens is 1. The molecule has 1 aromatic carbocycles. The van der Waals surface area contributed by atoms with E-state index in [-0.39, 0.29) is 11.5 Å². The van der Waals surface area contributed by atoms with Gasteiger partial charge in [0.25, 0.3) is 0 Å². The predicted molar refractivity (Wildman–Crippen MR) is 77.6 cm³/mol. The van der Waals surface area contributed by atoms with Crippen LogP contribution < -0.4 is 16.1 Å². The van der Waals surface area contributed by atoms with Crippen LogP contribution in [0.4, 0.5) is 5.82 Å². The summed E-state index contributed by atoms with van der Waals surface area (Å²) in [5.74, 6) is 0.802. The molecule has 0 aliphatic heterocycles. The van der Waals surface area contributed by atoms with E-state index in [0.29, 0.717) is 28.1 Å². The van der Waals surface area contributed by atoms with Gasteiger partial charge in [0, 0.05) is 29.3 Å². The zero-order valence-corrected chi connectivity index (χ0v) is 11.2. The van der Waals surface area contributed by atoms with Gasteiger partial charge in [0.2, 0.25) is 5.75 Å². The fraction of sp³-hybridized carbons (Fsp3) is 0.0667. The number of nitrogen functional groups attached to an aromatic ring is 1. The standard InChI is InChI=1S/C15H12N2O4/c1-8-11-3-2-9(18)6-12(11)21-15(19)14(8)20-10-4-5-17-13(16)7-10/h2-7,18H,1H3,(H2,16,17). The fourth-order valence-corrected chi connectivity index (χ4v) is 2.05. The number of pyridine rings is 1. The summed E-state index contributed by atoms with van der Waals surface area (Å²) in [6.07, 6.45) is 1.49. The van der Waals surface area contributed by atoms with Gasteiger partial charge in [0.05, 0.1) is 0 Å². The summed E-state index contributed by atoms with van der Waals surface area (Å²) in [4.78, 5) is 15.9. The molecule has 0 saturated heterocycles. The third-order valence-electron chi connectivity index (χ3n) is 3.07. The minimum Gasteiger partial charge on any atom is -0.508 e. The summed E-state index contributed by atoms with van der Waals surface area (Å²) in [6.45, 7) is 1.75. The molecule has 6 heteroatoms. The molecule has 0 aliphatic carbocycles. The minimum absolute atomic E-state index is 0.0284. The maximum absolute atomic E-state index is 12.0. The van der Waals surface area contributed by atoms with E-state index in [1.807, 2.05) is 0 Å². The van der Waals surface area contributed by atoms with Gasteiger partial charge in [-0.15, -0.1) is 0 Å². The summed E-state index contributed by atoms with van der Waals surface area (Å²) < 4.78 is 10.7. The SMILES string of the molecule is Cc1c(Oc2ccnc(N)c2)c(=O)oc2cc(O)ccc12. The number of hydrogen-bond acceptors (Lipinski definition) is 6. The van der Waals surface area contributed by atoms with Crippen LogP contribution in [-0.4, -0.2) is 10.1 Å². The molecule has 0 unspecified atom stereocenters. The van der Waals surface area contributed by atoms with Crippen LogP contribution in [0.2, 0.25) is 0 Å². The van der Waals surface area contributed by atoms with Crippen molar-refractivity contribution < 1.29 is 14.3 Å². The largest absolute Gasteiger partial charge is 0.508 e. The molecule has 2 heterocycles. The maximum atomic E-state index is 12.0. The third kappa shape index (κ3) is 2.38. The van der Waals surface area contributed by atoms with Crippen molar-refractivity contribution in [2.24, 2.45) is 0 Å². The van der Waals surface area contributed by atoms with Crippen molar-refractivity contribution in [2.75, 3.05) is 5.73 Å². The van der Waals surface area contributed by atoms with Crippen LogP contribution >= 0.6 is 0 Å². The quantitative estimate of drug-likeness (QED) is 0.702. The number of anilines is 1. The van der Waals surface area contributed by atoms with Crippen molar-refractivity contribution in [3.05, 3.63) is 52.5 Å². The van der Waals surface area contributed by atoms with Crippen molar-refractivity contribution in [2.45, 2.75) is 6.92 Å². The number of hydrogen-bond donors (Lipinski definition) is 2. The number of phenols is 1. The molecular weight excluding hydrogens is 272 g/mol. The zero-order chi connectivity index (χ0) is 15.0. The first-order chi connectivity index (χ1) is 10.0. The van der Waals surface area contributed by atoms with Crippen LogP contribution in [0.25, 0.3) is 11.0 Å². The second kappa shape index (κ2) is 4.82. The van der Waals surface area contributed by atoms with Crippen LogP contribution in [0.15, 0.2) is 45.7 Å². The van der Waals surface area contributed by atoms with Crippen molar-refractivity contribution in [1.29, 1.82) is 0 Å². The Hall–Kier alpha value is -3.02. The molecule has 3 N–H and O–H groups in total. The summed E-state index contributed by atoms with van der Waals surface area (Å²) in [5.41, 5.74) is 5.88. The lowest BCUT2D eigenvalue weighted by Gasteiger charge is -2.09. The van der Waals surface area contributed by atoms with Gasteiger partial charge in [-0.05, 0) is 25.1 Å². The highest BCUT2D eigenvalue weighted by Crippen LogP contribution is 2.29. The Balaban J connectivity index is 2.15. The first-order valence-electron chi connectivity index (χ1n) is 6.20. The Bertz CT molecular complexity index is 886. The van der Waals surface area contributed by atoms with Gasteiger partial charge in [0.1, 0.15) is 22.9 Å². The maximum Gasteiger partial charge on any atom is 0.379 e. The summed E-state index contributed by atoms with van der Waals surface area (Å²) >= 11 is 0. The van der Waals surface area contributed by atoms with Crippen LogP contribution in [0.3, 0.4) is 0 Å². The normalized spacial score (nSPS) is 10.7. The predicted octanol–water partition coefficient (Wildman–Crippen LogP) is 2.58. The van der Waals surface area contributed by atoms with Crippen LogP contribution in [0.1, 0.15) is 5.56 Å². The number of benzene rings is 1. The lowest BCUT2D eigenvalue weighted by molar-refractivity contribution is 0.432. The molecular formula is C15H12N2O4. The molecule has 2 aromatic heterocycles. The number of aryl methyl sites for hydroxylation is 1. The number of nitrogens with two attached hydrogens (primary N) is 1. The molecule has 0 radical (unpaired) electrons. The van der Waals surface area contributed by atoms with Gasteiger partial charge in [0.15, 0.2) is 0 Å². The van der Waals surface area contributed by atoms with E-state index in [9.17, 15) is 9.90 Å². The first kappa shape index (κ1) is 13.0. The topological polar surface area (TPSA) is 98.6 Å².